The van der Waals surface area contributed by atoms with Gasteiger partial charge in [-0.1, -0.05) is 115 Å². The Labute approximate surface area is 374 Å². The van der Waals surface area contributed by atoms with Crippen LogP contribution in [0.2, 0.25) is 0 Å². The van der Waals surface area contributed by atoms with Crippen molar-refractivity contribution in [2.45, 2.75) is 225 Å². The van der Waals surface area contributed by atoms with E-state index in [4.69, 9.17) is 28.0 Å². The lowest BCUT2D eigenvalue weighted by Gasteiger charge is -2.38. The van der Waals surface area contributed by atoms with Crippen molar-refractivity contribution in [2.75, 3.05) is 39.5 Å². The lowest BCUT2D eigenvalue weighted by Crippen LogP contribution is -2.57. The normalized spacial score (nSPS) is 20.8. The third-order valence-corrected chi connectivity index (χ3v) is 11.8. The van der Waals surface area contributed by atoms with E-state index in [1.807, 2.05) is 0 Å². The molecule has 1 aliphatic heterocycles. The minimum Gasteiger partial charge on any atom is -0.462 e. The number of esters is 2. The molecule has 15 heteroatoms. The van der Waals surface area contributed by atoms with E-state index >= 15 is 0 Å². The number of allylic oxidation sites excluding steroid dienone is 4. The standard InChI is InChI=1S/C47H88NO13P/c1-4-6-8-10-12-14-16-18-20-22-24-26-28-32-42(49)57-38-41(61-43(50)33-29-27-25-23-21-19-17-15-13-11-9-7-5-2)39-59-62(54,55)58-37-35-48-34-30-31-36-56-47-46(53)45(52)44(51)40(3)60-47/h14-17,40-41,44-48,51-53H,4-13,18-39H2,1-3H3,(H,54,55)/b16-14-,17-15-/t40?,41-,44+,45+,46?,47-/m1/s1. The molecule has 7 atom stereocenters. The maximum atomic E-state index is 12.8. The fourth-order valence-corrected chi connectivity index (χ4v) is 7.62. The summed E-state index contributed by atoms with van der Waals surface area (Å²) in [5.74, 6) is -0.902. The number of hydrogen-bond acceptors (Lipinski definition) is 13. The van der Waals surface area contributed by atoms with Crippen LogP contribution in [0.1, 0.15) is 188 Å². The van der Waals surface area contributed by atoms with Crippen molar-refractivity contribution >= 4 is 19.8 Å². The molecule has 1 rings (SSSR count). The quantitative estimate of drug-likeness (QED) is 0.0168. The van der Waals surface area contributed by atoms with Crippen LogP contribution in [-0.2, 0) is 42.1 Å². The fraction of sp³-hybridized carbons (Fsp3) is 0.872. The molecule has 364 valence electrons. The number of unbranched alkanes of at least 4 members (excludes halogenated alkanes) is 19. The number of hydrogen-bond donors (Lipinski definition) is 5. The van der Waals surface area contributed by atoms with Crippen LogP contribution in [0, 0.1) is 0 Å². The first-order valence-corrected chi connectivity index (χ1v) is 25.8. The number of phosphoric acid groups is 1. The first kappa shape index (κ1) is 58.3. The molecule has 0 aromatic carbocycles. The minimum absolute atomic E-state index is 0.130. The molecule has 3 unspecified atom stereocenters. The molecule has 0 aromatic rings. The van der Waals surface area contributed by atoms with Gasteiger partial charge < -0.3 is 44.5 Å². The summed E-state index contributed by atoms with van der Waals surface area (Å²) in [5.41, 5.74) is 0. The van der Waals surface area contributed by atoms with E-state index in [1.165, 1.54) is 51.4 Å². The molecule has 1 fully saturated rings. The van der Waals surface area contributed by atoms with Crippen molar-refractivity contribution in [3.63, 3.8) is 0 Å². The zero-order valence-corrected chi connectivity index (χ0v) is 39.7. The second kappa shape index (κ2) is 39.6. The van der Waals surface area contributed by atoms with Crippen LogP contribution in [0.3, 0.4) is 0 Å². The third-order valence-electron chi connectivity index (χ3n) is 10.8. The van der Waals surface area contributed by atoms with Crippen molar-refractivity contribution in [2.24, 2.45) is 0 Å². The average Bonchev–Trinajstić information content (AvgIpc) is 3.25. The Bertz CT molecular complexity index is 1190. The number of carbonyl (C=O) groups is 2. The Morgan fingerprint density at radius 1 is 0.613 bits per heavy atom. The molecule has 1 aliphatic rings. The van der Waals surface area contributed by atoms with Gasteiger partial charge in [0.2, 0.25) is 0 Å². The molecule has 0 radical (unpaired) electrons. The van der Waals surface area contributed by atoms with Gasteiger partial charge in [0, 0.05) is 26.0 Å². The Kier molecular flexibility index (Phi) is 37.3. The van der Waals surface area contributed by atoms with Gasteiger partial charge >= 0.3 is 19.8 Å². The van der Waals surface area contributed by atoms with Gasteiger partial charge in [-0.05, 0) is 90.5 Å². The van der Waals surface area contributed by atoms with Crippen molar-refractivity contribution in [1.29, 1.82) is 0 Å². The number of phosphoric ester groups is 1. The van der Waals surface area contributed by atoms with E-state index in [1.54, 1.807) is 6.92 Å². The first-order valence-electron chi connectivity index (χ1n) is 24.3. The highest BCUT2D eigenvalue weighted by molar-refractivity contribution is 7.47. The zero-order valence-electron chi connectivity index (χ0n) is 38.8. The number of nitrogens with one attached hydrogen (secondary N) is 1. The van der Waals surface area contributed by atoms with Gasteiger partial charge in [-0.15, -0.1) is 0 Å². The first-order chi connectivity index (χ1) is 30.0. The molecule has 14 nitrogen and oxygen atoms in total. The van der Waals surface area contributed by atoms with Crippen molar-refractivity contribution in [3.05, 3.63) is 24.3 Å². The van der Waals surface area contributed by atoms with Gasteiger partial charge in [0.05, 0.1) is 19.3 Å². The lowest BCUT2D eigenvalue weighted by molar-refractivity contribution is -0.293. The number of carbonyl (C=O) groups excluding carboxylic acids is 2. The van der Waals surface area contributed by atoms with Crippen molar-refractivity contribution in [1.82, 2.24) is 5.32 Å². The summed E-state index contributed by atoms with van der Waals surface area (Å²) in [7, 11) is -4.51. The summed E-state index contributed by atoms with van der Waals surface area (Å²) in [6, 6.07) is 0. The second-order valence-corrected chi connectivity index (χ2v) is 18.1. The van der Waals surface area contributed by atoms with Crippen LogP contribution < -0.4 is 5.32 Å². The summed E-state index contributed by atoms with van der Waals surface area (Å²) in [4.78, 5) is 35.6. The Morgan fingerprint density at radius 2 is 1.13 bits per heavy atom. The Hall–Kier alpha value is -1.71. The molecule has 0 spiro atoms. The van der Waals surface area contributed by atoms with E-state index in [9.17, 15) is 34.4 Å². The molecule has 5 N–H and O–H groups in total. The topological polar surface area (TPSA) is 200 Å². The summed E-state index contributed by atoms with van der Waals surface area (Å²) in [5, 5.41) is 32.8. The largest absolute Gasteiger partial charge is 0.472 e. The maximum Gasteiger partial charge on any atom is 0.472 e. The number of ether oxygens (including phenoxy) is 4. The van der Waals surface area contributed by atoms with Gasteiger partial charge in [0.25, 0.3) is 0 Å². The van der Waals surface area contributed by atoms with Gasteiger partial charge in [-0.3, -0.25) is 18.6 Å². The van der Waals surface area contributed by atoms with Gasteiger partial charge in [-0.25, -0.2) is 4.57 Å². The summed E-state index contributed by atoms with van der Waals surface area (Å²) >= 11 is 0. The fourth-order valence-electron chi connectivity index (χ4n) is 6.87. The van der Waals surface area contributed by atoms with E-state index in [0.29, 0.717) is 32.2 Å². The minimum atomic E-state index is -4.51. The highest BCUT2D eigenvalue weighted by Crippen LogP contribution is 2.43. The van der Waals surface area contributed by atoms with Crippen LogP contribution in [0.15, 0.2) is 24.3 Å². The van der Waals surface area contributed by atoms with Crippen molar-refractivity contribution in [3.8, 4) is 0 Å². The lowest BCUT2D eigenvalue weighted by atomic mass is 10.0. The zero-order chi connectivity index (χ0) is 45.5. The molecule has 0 amide bonds. The van der Waals surface area contributed by atoms with E-state index < -0.39 is 63.2 Å². The van der Waals surface area contributed by atoms with Crippen LogP contribution in [0.5, 0.6) is 0 Å². The Balaban J connectivity index is 2.39. The molecule has 1 heterocycles. The summed E-state index contributed by atoms with van der Waals surface area (Å²) < 4.78 is 44.9. The predicted octanol–water partition coefficient (Wildman–Crippen LogP) is 9.30. The molecule has 0 aliphatic carbocycles. The van der Waals surface area contributed by atoms with Gasteiger partial charge in [-0.2, -0.15) is 0 Å². The van der Waals surface area contributed by atoms with Crippen LogP contribution in [-0.4, -0.2) is 108 Å². The van der Waals surface area contributed by atoms with Gasteiger partial charge in [0.1, 0.15) is 24.9 Å². The van der Waals surface area contributed by atoms with Crippen molar-refractivity contribution < 1.29 is 62.4 Å². The molecular formula is C47H88NO13P. The number of aliphatic hydroxyl groups excluding tert-OH is 3. The van der Waals surface area contributed by atoms with E-state index in [-0.39, 0.29) is 39.2 Å². The summed E-state index contributed by atoms with van der Waals surface area (Å²) in [6.45, 7) is 6.19. The highest BCUT2D eigenvalue weighted by atomic mass is 31.2. The smallest absolute Gasteiger partial charge is 0.462 e. The third kappa shape index (κ3) is 32.9. The number of aliphatic hydroxyl groups is 3. The van der Waals surface area contributed by atoms with Crippen LogP contribution in [0.25, 0.3) is 0 Å². The van der Waals surface area contributed by atoms with E-state index in [0.717, 1.165) is 77.0 Å². The predicted molar refractivity (Wildman–Crippen MR) is 243 cm³/mol. The summed E-state index contributed by atoms with van der Waals surface area (Å²) in [6.07, 6.45) is 28.5. The molecule has 0 aromatic heterocycles. The second-order valence-electron chi connectivity index (χ2n) is 16.7. The average molecular weight is 906 g/mol. The Morgan fingerprint density at radius 3 is 1.69 bits per heavy atom. The van der Waals surface area contributed by atoms with Crippen LogP contribution >= 0.6 is 7.82 Å². The molecule has 0 saturated carbocycles. The SMILES string of the molecule is CCCCCC/C=C\CCCCCCCC(=O)OC[C@H](COP(=O)(O)OCCNCCCCO[C@@H]1OC(C)[C@H](O)[C@H](O)C1O)OC(=O)CCCCCCC/C=C\CCCCCC. The molecule has 1 saturated heterocycles. The van der Waals surface area contributed by atoms with Crippen LogP contribution in [0.4, 0.5) is 0 Å². The number of rotatable bonds is 42. The molecule has 62 heavy (non-hydrogen) atoms. The van der Waals surface area contributed by atoms with E-state index in [2.05, 4.69) is 43.5 Å². The van der Waals surface area contributed by atoms with Gasteiger partial charge in [0.15, 0.2) is 12.4 Å². The monoisotopic (exact) mass is 906 g/mol. The molecular weight excluding hydrogens is 817 g/mol. The molecule has 0 bridgehead atoms. The highest BCUT2D eigenvalue weighted by Gasteiger charge is 2.42. The maximum absolute atomic E-state index is 12.8.